The lowest BCUT2D eigenvalue weighted by Gasteiger charge is -2.19. The highest BCUT2D eigenvalue weighted by atomic mass is 35.5. The Balaban J connectivity index is 2.40. The Morgan fingerprint density at radius 1 is 1.45 bits per heavy atom. The number of aromatic nitrogens is 2. The maximum absolute atomic E-state index is 12.0. The molecule has 1 aliphatic heterocycles. The van der Waals surface area contributed by atoms with Gasteiger partial charge in [-0.2, -0.15) is 9.78 Å². The van der Waals surface area contributed by atoms with Gasteiger partial charge in [0.1, 0.15) is 18.3 Å². The second-order valence-corrected chi connectivity index (χ2v) is 5.08. The Labute approximate surface area is 119 Å². The second-order valence-electron chi connectivity index (χ2n) is 4.73. The molecule has 0 radical (unpaired) electrons. The molecule has 9 heteroatoms. The molecule has 20 heavy (non-hydrogen) atoms. The lowest BCUT2D eigenvalue weighted by molar-refractivity contribution is -0.0609. The summed E-state index contributed by atoms with van der Waals surface area (Å²) in [7, 11) is 3.41. The fourth-order valence-electron chi connectivity index (χ4n) is 2.02. The normalized spacial score (nSPS) is 29.7. The monoisotopic (exact) mass is 305 g/mol. The molecular formula is C11H16ClN3O5. The maximum atomic E-state index is 12.0. The number of ether oxygens (including phenoxy) is 1. The predicted molar refractivity (Wildman–Crippen MR) is 70.8 cm³/mol. The van der Waals surface area contributed by atoms with E-state index in [4.69, 9.17) is 21.4 Å². The Bertz CT molecular complexity index is 549. The van der Waals surface area contributed by atoms with Gasteiger partial charge in [-0.15, -0.1) is 0 Å². The summed E-state index contributed by atoms with van der Waals surface area (Å²) < 4.78 is 6.10. The van der Waals surface area contributed by atoms with Crippen molar-refractivity contribution >= 4 is 17.3 Å². The molecule has 0 amide bonds. The number of hydrogen-bond acceptors (Lipinski definition) is 7. The number of nitrogens with zero attached hydrogens (tertiary/aromatic N) is 3. The maximum Gasteiger partial charge on any atom is 0.271 e. The van der Waals surface area contributed by atoms with Crippen LogP contribution < -0.4 is 10.5 Å². The van der Waals surface area contributed by atoms with E-state index in [0.717, 1.165) is 4.68 Å². The van der Waals surface area contributed by atoms with E-state index >= 15 is 0 Å². The Morgan fingerprint density at radius 2 is 2.10 bits per heavy atom. The smallest absolute Gasteiger partial charge is 0.271 e. The van der Waals surface area contributed by atoms with E-state index in [1.165, 1.54) is 6.07 Å². The first-order valence-electron chi connectivity index (χ1n) is 5.96. The summed E-state index contributed by atoms with van der Waals surface area (Å²) in [6.07, 6.45) is -4.84. The van der Waals surface area contributed by atoms with Crippen LogP contribution in [0.15, 0.2) is 10.9 Å². The molecule has 3 N–H and O–H groups in total. The van der Waals surface area contributed by atoms with Crippen LogP contribution in [0.3, 0.4) is 0 Å². The van der Waals surface area contributed by atoms with Crippen molar-refractivity contribution in [2.75, 3.05) is 25.6 Å². The van der Waals surface area contributed by atoms with Crippen molar-refractivity contribution in [3.05, 3.63) is 21.6 Å². The molecule has 1 aliphatic rings. The van der Waals surface area contributed by atoms with Crippen molar-refractivity contribution in [1.29, 1.82) is 0 Å². The predicted octanol–water partition coefficient (Wildman–Crippen LogP) is -1.43. The largest absolute Gasteiger partial charge is 0.394 e. The number of hydrogen-bond donors (Lipinski definition) is 3. The van der Waals surface area contributed by atoms with Crippen molar-refractivity contribution in [3.8, 4) is 0 Å². The minimum absolute atomic E-state index is 0.0624. The second kappa shape index (κ2) is 5.66. The minimum Gasteiger partial charge on any atom is -0.394 e. The van der Waals surface area contributed by atoms with Crippen LogP contribution in [0.2, 0.25) is 5.15 Å². The average molecular weight is 306 g/mol. The lowest BCUT2D eigenvalue weighted by Crippen LogP contribution is -2.36. The average Bonchev–Trinajstić information content (AvgIpc) is 2.68. The summed E-state index contributed by atoms with van der Waals surface area (Å²) in [5, 5.41) is 32.5. The topological polar surface area (TPSA) is 108 Å². The lowest BCUT2D eigenvalue weighted by atomic mass is 10.1. The van der Waals surface area contributed by atoms with Crippen LogP contribution in [0.5, 0.6) is 0 Å². The van der Waals surface area contributed by atoms with Gasteiger partial charge in [-0.3, -0.25) is 4.79 Å². The molecule has 0 spiro atoms. The van der Waals surface area contributed by atoms with Gasteiger partial charge in [0.15, 0.2) is 11.4 Å². The number of aliphatic hydroxyl groups excluding tert-OH is 3. The summed E-state index contributed by atoms with van der Waals surface area (Å²) in [6, 6.07) is 1.25. The van der Waals surface area contributed by atoms with Gasteiger partial charge in [-0.25, -0.2) is 0 Å². The molecule has 8 nitrogen and oxygen atoms in total. The summed E-state index contributed by atoms with van der Waals surface area (Å²) >= 11 is 5.97. The van der Waals surface area contributed by atoms with E-state index in [-0.39, 0.29) is 5.15 Å². The van der Waals surface area contributed by atoms with Gasteiger partial charge < -0.3 is 25.0 Å². The van der Waals surface area contributed by atoms with E-state index in [1.807, 2.05) is 0 Å². The van der Waals surface area contributed by atoms with Gasteiger partial charge in [-0.05, 0) is 0 Å². The highest BCUT2D eigenvalue weighted by molar-refractivity contribution is 6.31. The molecule has 0 saturated carbocycles. The SMILES string of the molecule is CN(C)c1cc(=O)n([C@@H]2O[C@H](CO)[C@@H](O)[C@H]2O)nc1Cl. The molecule has 2 rings (SSSR count). The van der Waals surface area contributed by atoms with Crippen molar-refractivity contribution in [3.63, 3.8) is 0 Å². The molecule has 1 saturated heterocycles. The van der Waals surface area contributed by atoms with Crippen molar-refractivity contribution in [1.82, 2.24) is 9.78 Å². The first-order chi connectivity index (χ1) is 9.36. The third-order valence-corrected chi connectivity index (χ3v) is 3.40. The molecule has 1 fully saturated rings. The van der Waals surface area contributed by atoms with E-state index < -0.39 is 36.7 Å². The van der Waals surface area contributed by atoms with Crippen LogP contribution >= 0.6 is 11.6 Å². The number of aliphatic hydroxyl groups is 3. The minimum atomic E-state index is -1.38. The third-order valence-electron chi connectivity index (χ3n) is 3.13. The molecular weight excluding hydrogens is 290 g/mol. The van der Waals surface area contributed by atoms with Crippen LogP contribution in [-0.2, 0) is 4.74 Å². The molecule has 4 atom stereocenters. The van der Waals surface area contributed by atoms with Crippen molar-refractivity contribution in [2.24, 2.45) is 0 Å². The molecule has 112 valence electrons. The zero-order valence-corrected chi connectivity index (χ0v) is 11.7. The number of halogens is 1. The zero-order valence-electron chi connectivity index (χ0n) is 11.0. The summed E-state index contributed by atoms with van der Waals surface area (Å²) in [5.74, 6) is 0. The van der Waals surface area contributed by atoms with E-state index in [9.17, 15) is 15.0 Å². The van der Waals surface area contributed by atoms with Gasteiger partial charge in [0.05, 0.1) is 12.3 Å². The quantitative estimate of drug-likeness (QED) is 0.628. The van der Waals surface area contributed by atoms with E-state index in [0.29, 0.717) is 5.69 Å². The molecule has 0 unspecified atom stereocenters. The Morgan fingerprint density at radius 3 is 2.60 bits per heavy atom. The van der Waals surface area contributed by atoms with Gasteiger partial charge in [0.2, 0.25) is 0 Å². The molecule has 1 aromatic rings. The Hall–Kier alpha value is -1.19. The molecule has 0 aliphatic carbocycles. The van der Waals surface area contributed by atoms with Crippen LogP contribution in [0.4, 0.5) is 5.69 Å². The fraction of sp³-hybridized carbons (Fsp3) is 0.636. The third kappa shape index (κ3) is 2.52. The first kappa shape index (κ1) is 15.2. The van der Waals surface area contributed by atoms with Gasteiger partial charge in [0.25, 0.3) is 5.56 Å². The highest BCUT2D eigenvalue weighted by Gasteiger charge is 2.44. The first-order valence-corrected chi connectivity index (χ1v) is 6.33. The summed E-state index contributed by atoms with van der Waals surface area (Å²) in [5.41, 5.74) is -0.104. The van der Waals surface area contributed by atoms with Gasteiger partial charge >= 0.3 is 0 Å². The highest BCUT2D eigenvalue weighted by Crippen LogP contribution is 2.29. The van der Waals surface area contributed by atoms with Crippen LogP contribution in [-0.4, -0.2) is 64.1 Å². The van der Waals surface area contributed by atoms with E-state index in [2.05, 4.69) is 5.10 Å². The number of anilines is 1. The van der Waals surface area contributed by atoms with Crippen molar-refractivity contribution < 1.29 is 20.1 Å². The zero-order chi connectivity index (χ0) is 15.0. The molecule has 0 aromatic carbocycles. The molecule has 2 heterocycles. The molecule has 0 bridgehead atoms. The van der Waals surface area contributed by atoms with Gasteiger partial charge in [-0.1, -0.05) is 11.6 Å². The van der Waals surface area contributed by atoms with Gasteiger partial charge in [0, 0.05) is 20.2 Å². The fourth-order valence-corrected chi connectivity index (χ4v) is 2.32. The number of rotatable bonds is 3. The van der Waals surface area contributed by atoms with E-state index in [1.54, 1.807) is 19.0 Å². The molecule has 1 aromatic heterocycles. The van der Waals surface area contributed by atoms with Crippen LogP contribution in [0, 0.1) is 0 Å². The summed E-state index contributed by atoms with van der Waals surface area (Å²) in [4.78, 5) is 13.6. The Kier molecular flexibility index (Phi) is 4.31. The van der Waals surface area contributed by atoms with Crippen LogP contribution in [0.1, 0.15) is 6.23 Å². The standard InChI is InChI=1S/C11H16ClN3O5/c1-14(2)5-3-7(17)15(13-10(5)12)11-9(19)8(18)6(4-16)20-11/h3,6,8-9,11,16,18-19H,4H2,1-2H3/t6-,8-,9-,11-/m1/s1. The van der Waals surface area contributed by atoms with Crippen LogP contribution in [0.25, 0.3) is 0 Å². The van der Waals surface area contributed by atoms with Crippen molar-refractivity contribution in [2.45, 2.75) is 24.5 Å². The summed E-state index contributed by atoms with van der Waals surface area (Å²) in [6.45, 7) is -0.479.